The molecule has 1 fully saturated rings. The molecule has 7 nitrogen and oxygen atoms in total. The zero-order valence-corrected chi connectivity index (χ0v) is 11.0. The number of hydrogen-bond acceptors (Lipinski definition) is 5. The molecule has 0 saturated carbocycles. The van der Waals surface area contributed by atoms with Gasteiger partial charge in [-0.3, -0.25) is 14.9 Å². The molecule has 1 aliphatic rings. The van der Waals surface area contributed by atoms with Crippen LogP contribution >= 0.6 is 12.4 Å². The van der Waals surface area contributed by atoms with Crippen LogP contribution in [-0.2, 0) is 0 Å². The number of amides is 1. The predicted molar refractivity (Wildman–Crippen MR) is 73.5 cm³/mol. The smallest absolute Gasteiger partial charge is 0.292 e. The van der Waals surface area contributed by atoms with Crippen molar-refractivity contribution in [3.8, 4) is 0 Å². The third-order valence-electron chi connectivity index (χ3n) is 2.91. The van der Waals surface area contributed by atoms with Crippen molar-refractivity contribution in [3.63, 3.8) is 0 Å². The summed E-state index contributed by atoms with van der Waals surface area (Å²) in [5.74, 6) is -0.252. The molecule has 2 rings (SSSR count). The molecule has 0 aromatic heterocycles. The number of halogens is 1. The van der Waals surface area contributed by atoms with Gasteiger partial charge in [0, 0.05) is 32.2 Å². The van der Waals surface area contributed by atoms with Gasteiger partial charge in [-0.1, -0.05) is 6.07 Å². The normalized spacial score (nSPS) is 14.6. The lowest BCUT2D eigenvalue weighted by atomic mass is 10.1. The first-order valence-corrected chi connectivity index (χ1v) is 5.64. The summed E-state index contributed by atoms with van der Waals surface area (Å²) in [5.41, 5.74) is 5.60. The minimum Gasteiger partial charge on any atom is -0.393 e. The van der Waals surface area contributed by atoms with Crippen molar-refractivity contribution in [1.29, 1.82) is 0 Å². The number of carbonyl (C=O) groups is 1. The average molecular weight is 287 g/mol. The number of para-hydroxylation sites is 1. The molecule has 1 aromatic rings. The van der Waals surface area contributed by atoms with E-state index in [-0.39, 0.29) is 35.3 Å². The second-order valence-corrected chi connectivity index (χ2v) is 4.04. The Labute approximate surface area is 116 Å². The first-order valence-electron chi connectivity index (χ1n) is 5.64. The predicted octanol–water partition coefficient (Wildman–Crippen LogP) is 0.644. The lowest BCUT2D eigenvalue weighted by molar-refractivity contribution is -0.383. The van der Waals surface area contributed by atoms with Gasteiger partial charge in [0.05, 0.1) is 10.5 Å². The number of nitrogens with zero attached hydrogens (tertiary/aromatic N) is 2. The number of carbonyl (C=O) groups excluding carboxylic acids is 1. The molecule has 1 aromatic carbocycles. The van der Waals surface area contributed by atoms with E-state index >= 15 is 0 Å². The lowest BCUT2D eigenvalue weighted by Crippen LogP contribution is -2.46. The molecule has 0 bridgehead atoms. The zero-order chi connectivity index (χ0) is 13.1. The first kappa shape index (κ1) is 15.2. The Balaban J connectivity index is 0.00000180. The maximum absolute atomic E-state index is 12.2. The fourth-order valence-electron chi connectivity index (χ4n) is 1.94. The number of hydrogen-bond donors (Lipinski definition) is 2. The highest BCUT2D eigenvalue weighted by Gasteiger charge is 2.23. The molecule has 8 heteroatoms. The summed E-state index contributed by atoms with van der Waals surface area (Å²) < 4.78 is 0. The molecule has 1 saturated heterocycles. The van der Waals surface area contributed by atoms with Crippen LogP contribution < -0.4 is 11.1 Å². The standard InChI is InChI=1S/C11H14N4O3.ClH/c12-10-8(2-1-3-9(10)15(17)18)11(16)14-6-4-13-5-7-14;/h1-3,13H,4-7,12H2;1H. The number of nitro benzene ring substituents is 1. The van der Waals surface area contributed by atoms with Gasteiger partial charge in [0.15, 0.2) is 0 Å². The Kier molecular flexibility index (Phi) is 5.08. The van der Waals surface area contributed by atoms with Crippen LogP contribution in [0.2, 0.25) is 0 Å². The van der Waals surface area contributed by atoms with Gasteiger partial charge in [-0.2, -0.15) is 0 Å². The maximum atomic E-state index is 12.2. The monoisotopic (exact) mass is 286 g/mol. The Hall–Kier alpha value is -1.86. The van der Waals surface area contributed by atoms with E-state index < -0.39 is 4.92 Å². The van der Waals surface area contributed by atoms with Crippen molar-refractivity contribution in [1.82, 2.24) is 10.2 Å². The largest absolute Gasteiger partial charge is 0.393 e. The van der Waals surface area contributed by atoms with E-state index in [4.69, 9.17) is 5.73 Å². The van der Waals surface area contributed by atoms with Crippen LogP contribution in [-0.4, -0.2) is 41.9 Å². The molecule has 0 unspecified atom stereocenters. The Bertz CT molecular complexity index is 489. The van der Waals surface area contributed by atoms with E-state index in [1.54, 1.807) is 4.90 Å². The number of anilines is 1. The fourth-order valence-corrected chi connectivity index (χ4v) is 1.94. The molecule has 3 N–H and O–H groups in total. The van der Waals surface area contributed by atoms with Gasteiger partial charge in [0.1, 0.15) is 5.69 Å². The molecule has 19 heavy (non-hydrogen) atoms. The Morgan fingerprint density at radius 2 is 2.00 bits per heavy atom. The van der Waals surface area contributed by atoms with Crippen LogP contribution in [0.5, 0.6) is 0 Å². The van der Waals surface area contributed by atoms with Gasteiger partial charge in [-0.25, -0.2) is 0 Å². The summed E-state index contributed by atoms with van der Waals surface area (Å²) in [6.07, 6.45) is 0. The average Bonchev–Trinajstić information content (AvgIpc) is 2.39. The van der Waals surface area contributed by atoms with Crippen molar-refractivity contribution in [2.75, 3.05) is 31.9 Å². The molecular formula is C11H15ClN4O3. The number of rotatable bonds is 2. The number of nitrogen functional groups attached to an aromatic ring is 1. The van der Waals surface area contributed by atoms with E-state index in [0.29, 0.717) is 13.1 Å². The molecule has 1 amide bonds. The SMILES string of the molecule is Cl.Nc1c(C(=O)N2CCNCC2)cccc1[N+](=O)[O-]. The summed E-state index contributed by atoms with van der Waals surface area (Å²) in [4.78, 5) is 24.0. The number of piperazine rings is 1. The quantitative estimate of drug-likeness (QED) is 0.472. The van der Waals surface area contributed by atoms with Crippen molar-refractivity contribution in [2.45, 2.75) is 0 Å². The van der Waals surface area contributed by atoms with E-state index in [2.05, 4.69) is 5.32 Å². The van der Waals surface area contributed by atoms with Crippen molar-refractivity contribution >= 4 is 29.7 Å². The second-order valence-electron chi connectivity index (χ2n) is 4.04. The number of benzene rings is 1. The number of nitrogens with two attached hydrogens (primary N) is 1. The van der Waals surface area contributed by atoms with Crippen LogP contribution in [0, 0.1) is 10.1 Å². The third-order valence-corrected chi connectivity index (χ3v) is 2.91. The van der Waals surface area contributed by atoms with E-state index in [1.165, 1.54) is 18.2 Å². The van der Waals surface area contributed by atoms with E-state index in [9.17, 15) is 14.9 Å². The van der Waals surface area contributed by atoms with Gasteiger partial charge >= 0.3 is 0 Å². The van der Waals surface area contributed by atoms with Crippen molar-refractivity contribution < 1.29 is 9.72 Å². The zero-order valence-electron chi connectivity index (χ0n) is 10.2. The minimum atomic E-state index is -0.579. The van der Waals surface area contributed by atoms with Gasteiger partial charge in [-0.15, -0.1) is 12.4 Å². The highest BCUT2D eigenvalue weighted by atomic mass is 35.5. The number of nitro groups is 1. The van der Waals surface area contributed by atoms with Gasteiger partial charge in [0.2, 0.25) is 0 Å². The van der Waals surface area contributed by atoms with E-state index in [1.807, 2.05) is 0 Å². The van der Waals surface area contributed by atoms with Crippen LogP contribution in [0.1, 0.15) is 10.4 Å². The molecule has 0 atom stereocenters. The molecule has 1 heterocycles. The Morgan fingerprint density at radius 3 is 2.58 bits per heavy atom. The molecule has 0 aliphatic carbocycles. The van der Waals surface area contributed by atoms with Gasteiger partial charge < -0.3 is 16.0 Å². The first-order chi connectivity index (χ1) is 8.61. The van der Waals surface area contributed by atoms with Gasteiger partial charge in [-0.05, 0) is 6.07 Å². The van der Waals surface area contributed by atoms with Gasteiger partial charge in [0.25, 0.3) is 11.6 Å². The lowest BCUT2D eigenvalue weighted by Gasteiger charge is -2.27. The van der Waals surface area contributed by atoms with Crippen LogP contribution in [0.4, 0.5) is 11.4 Å². The summed E-state index contributed by atoms with van der Waals surface area (Å²) in [7, 11) is 0. The molecular weight excluding hydrogens is 272 g/mol. The highest BCUT2D eigenvalue weighted by molar-refractivity contribution is 6.01. The summed E-state index contributed by atoms with van der Waals surface area (Å²) in [5, 5.41) is 13.9. The molecule has 0 radical (unpaired) electrons. The fraction of sp³-hybridized carbons (Fsp3) is 0.364. The topological polar surface area (TPSA) is 102 Å². The molecule has 0 spiro atoms. The number of nitrogens with one attached hydrogen (secondary N) is 1. The Morgan fingerprint density at radius 1 is 1.37 bits per heavy atom. The van der Waals surface area contributed by atoms with Crippen molar-refractivity contribution in [3.05, 3.63) is 33.9 Å². The highest BCUT2D eigenvalue weighted by Crippen LogP contribution is 2.25. The molecule has 1 aliphatic heterocycles. The summed E-state index contributed by atoms with van der Waals surface area (Å²) >= 11 is 0. The summed E-state index contributed by atoms with van der Waals surface area (Å²) in [6.45, 7) is 2.61. The molecule has 104 valence electrons. The van der Waals surface area contributed by atoms with Crippen molar-refractivity contribution in [2.24, 2.45) is 0 Å². The van der Waals surface area contributed by atoms with Crippen LogP contribution in [0.3, 0.4) is 0 Å². The third kappa shape index (κ3) is 3.12. The maximum Gasteiger partial charge on any atom is 0.292 e. The second kappa shape index (κ2) is 6.35. The van der Waals surface area contributed by atoms with E-state index in [0.717, 1.165) is 13.1 Å². The summed E-state index contributed by atoms with van der Waals surface area (Å²) in [6, 6.07) is 4.29. The minimum absolute atomic E-state index is 0. The van der Waals surface area contributed by atoms with Crippen LogP contribution in [0.15, 0.2) is 18.2 Å². The van der Waals surface area contributed by atoms with Crippen LogP contribution in [0.25, 0.3) is 0 Å².